The summed E-state index contributed by atoms with van der Waals surface area (Å²) in [6.45, 7) is 12.0. The molecule has 4 atom stereocenters. The van der Waals surface area contributed by atoms with Crippen molar-refractivity contribution in [3.05, 3.63) is 11.6 Å². The number of likely N-dealkylation sites (tertiary alicyclic amines) is 2. The van der Waals surface area contributed by atoms with Crippen LogP contribution in [0.1, 0.15) is 66.7 Å². The summed E-state index contributed by atoms with van der Waals surface area (Å²) in [7, 11) is 5.41. The molecule has 0 aromatic rings. The Morgan fingerprint density at radius 3 is 2.31 bits per heavy atom. The molecule has 0 aromatic carbocycles. The predicted octanol–water partition coefficient (Wildman–Crippen LogP) is 2.68. The zero-order valence-corrected chi connectivity index (χ0v) is 23.2. The van der Waals surface area contributed by atoms with E-state index in [1.807, 2.05) is 52.6 Å². The molecule has 2 rings (SSSR count). The van der Waals surface area contributed by atoms with Crippen LogP contribution in [0.2, 0.25) is 0 Å². The SMILES string of the molecule is COC[C@@H]1CCCN1C(=O)/C(C)=C/[C@H](C(C)C)N(C)C(=O)[C@@H](NC(=O)[C@H]1CCCCN1C)C(C)C. The molecule has 8 heteroatoms. The van der Waals surface area contributed by atoms with E-state index >= 15 is 0 Å². The van der Waals surface area contributed by atoms with Crippen LogP contribution >= 0.6 is 0 Å². The highest BCUT2D eigenvalue weighted by molar-refractivity contribution is 5.94. The molecule has 3 amide bonds. The molecular formula is C27H48N4O4. The van der Waals surface area contributed by atoms with Crippen molar-refractivity contribution < 1.29 is 19.1 Å². The number of carbonyl (C=O) groups excluding carboxylic acids is 3. The first-order valence-corrected chi connectivity index (χ1v) is 13.2. The second-order valence-corrected chi connectivity index (χ2v) is 11.0. The fraction of sp³-hybridized carbons (Fsp3) is 0.815. The number of nitrogens with one attached hydrogen (secondary N) is 1. The lowest BCUT2D eigenvalue weighted by Gasteiger charge is -2.36. The Labute approximate surface area is 212 Å². The number of likely N-dealkylation sites (N-methyl/N-ethyl adjacent to an activating group) is 2. The van der Waals surface area contributed by atoms with Crippen molar-refractivity contribution in [1.29, 1.82) is 0 Å². The molecule has 35 heavy (non-hydrogen) atoms. The molecule has 0 saturated carbocycles. The average molecular weight is 493 g/mol. The summed E-state index contributed by atoms with van der Waals surface area (Å²) in [6, 6.07) is -0.959. The van der Waals surface area contributed by atoms with E-state index < -0.39 is 6.04 Å². The van der Waals surface area contributed by atoms with Gasteiger partial charge < -0.3 is 19.9 Å². The average Bonchev–Trinajstić information content (AvgIpc) is 3.27. The van der Waals surface area contributed by atoms with Gasteiger partial charge in [-0.25, -0.2) is 0 Å². The van der Waals surface area contributed by atoms with Crippen molar-refractivity contribution in [2.24, 2.45) is 11.8 Å². The van der Waals surface area contributed by atoms with E-state index in [4.69, 9.17) is 4.74 Å². The maximum atomic E-state index is 13.6. The number of ether oxygens (including phenoxy) is 1. The first-order chi connectivity index (χ1) is 16.5. The van der Waals surface area contributed by atoms with Crippen molar-refractivity contribution in [1.82, 2.24) is 20.0 Å². The van der Waals surface area contributed by atoms with Crippen molar-refractivity contribution in [3.63, 3.8) is 0 Å². The molecule has 2 heterocycles. The molecule has 0 aromatic heterocycles. The zero-order chi connectivity index (χ0) is 26.3. The molecule has 1 N–H and O–H groups in total. The summed E-state index contributed by atoms with van der Waals surface area (Å²) in [5.41, 5.74) is 0.639. The molecule has 0 spiro atoms. The van der Waals surface area contributed by atoms with Gasteiger partial charge in [0.05, 0.1) is 24.7 Å². The third kappa shape index (κ3) is 7.53. The van der Waals surface area contributed by atoms with E-state index in [1.165, 1.54) is 0 Å². The lowest BCUT2D eigenvalue weighted by Crippen LogP contribution is -2.57. The summed E-state index contributed by atoms with van der Waals surface area (Å²) in [6.07, 6.45) is 6.78. The Hall–Kier alpha value is -1.93. The number of hydrogen-bond donors (Lipinski definition) is 1. The maximum absolute atomic E-state index is 13.6. The monoisotopic (exact) mass is 492 g/mol. The standard InChI is InChI=1S/C27H48N4O4/c1-18(2)23(16-20(5)26(33)31-15-11-12-21(31)17-35-8)30(7)27(34)24(19(3)4)28-25(32)22-13-9-10-14-29(22)6/h16,18-19,21-24H,9-15,17H2,1-8H3,(H,28,32)/b20-16+/t21-,22+,23+,24-/m0/s1. The van der Waals surface area contributed by atoms with Crippen molar-refractivity contribution in [2.75, 3.05) is 40.9 Å². The molecule has 2 saturated heterocycles. The fourth-order valence-corrected chi connectivity index (χ4v) is 5.31. The summed E-state index contributed by atoms with van der Waals surface area (Å²) < 4.78 is 5.30. The van der Waals surface area contributed by atoms with Gasteiger partial charge >= 0.3 is 0 Å². The van der Waals surface area contributed by atoms with Gasteiger partial charge in [-0.3, -0.25) is 19.3 Å². The van der Waals surface area contributed by atoms with Crippen molar-refractivity contribution in [2.45, 2.75) is 90.9 Å². The Morgan fingerprint density at radius 1 is 1.06 bits per heavy atom. The van der Waals surface area contributed by atoms with Gasteiger partial charge in [0.25, 0.3) is 0 Å². The van der Waals surface area contributed by atoms with E-state index in [0.29, 0.717) is 12.2 Å². The van der Waals surface area contributed by atoms with Gasteiger partial charge in [0.15, 0.2) is 0 Å². The van der Waals surface area contributed by atoms with E-state index in [1.54, 1.807) is 19.1 Å². The molecule has 8 nitrogen and oxygen atoms in total. The second-order valence-electron chi connectivity index (χ2n) is 11.0. The largest absolute Gasteiger partial charge is 0.383 e. The quantitative estimate of drug-likeness (QED) is 0.474. The Morgan fingerprint density at radius 2 is 1.74 bits per heavy atom. The molecular weight excluding hydrogens is 444 g/mol. The van der Waals surface area contributed by atoms with Crippen LogP contribution < -0.4 is 5.32 Å². The molecule has 2 aliphatic rings. The number of methoxy groups -OCH3 is 1. The van der Waals surface area contributed by atoms with Crippen LogP contribution in [0, 0.1) is 11.8 Å². The second kappa shape index (κ2) is 13.4. The van der Waals surface area contributed by atoms with E-state index in [-0.39, 0.29) is 47.7 Å². The number of piperidine rings is 1. The van der Waals surface area contributed by atoms with Crippen LogP contribution in [-0.2, 0) is 19.1 Å². The van der Waals surface area contributed by atoms with Gasteiger partial charge in [0, 0.05) is 26.3 Å². The Bertz CT molecular complexity index is 766. The Kier molecular flexibility index (Phi) is 11.2. The van der Waals surface area contributed by atoms with E-state index in [0.717, 1.165) is 45.2 Å². The minimum atomic E-state index is -0.613. The number of amides is 3. The van der Waals surface area contributed by atoms with Gasteiger partial charge in [-0.1, -0.05) is 40.2 Å². The maximum Gasteiger partial charge on any atom is 0.249 e. The van der Waals surface area contributed by atoms with Crippen LogP contribution in [0.15, 0.2) is 11.6 Å². The third-order valence-corrected chi connectivity index (χ3v) is 7.54. The molecule has 0 unspecified atom stereocenters. The normalized spacial score (nSPS) is 23.5. The highest BCUT2D eigenvalue weighted by Crippen LogP contribution is 2.22. The molecule has 0 bridgehead atoms. The molecule has 200 valence electrons. The van der Waals surface area contributed by atoms with Crippen LogP contribution in [-0.4, -0.2) is 97.5 Å². The van der Waals surface area contributed by atoms with Crippen LogP contribution in [0.4, 0.5) is 0 Å². The van der Waals surface area contributed by atoms with Crippen LogP contribution in [0.5, 0.6) is 0 Å². The lowest BCUT2D eigenvalue weighted by atomic mass is 9.96. The van der Waals surface area contributed by atoms with Gasteiger partial charge in [0.2, 0.25) is 17.7 Å². The minimum absolute atomic E-state index is 0.00472. The van der Waals surface area contributed by atoms with Crippen LogP contribution in [0.25, 0.3) is 0 Å². The molecule has 0 aliphatic carbocycles. The Balaban J connectivity index is 2.17. The fourth-order valence-electron chi connectivity index (χ4n) is 5.31. The highest BCUT2D eigenvalue weighted by Gasteiger charge is 2.35. The third-order valence-electron chi connectivity index (χ3n) is 7.54. The van der Waals surface area contributed by atoms with E-state index in [9.17, 15) is 14.4 Å². The summed E-state index contributed by atoms with van der Waals surface area (Å²) in [4.78, 5) is 45.6. The number of rotatable bonds is 10. The molecule has 0 radical (unpaired) electrons. The smallest absolute Gasteiger partial charge is 0.249 e. The van der Waals surface area contributed by atoms with Gasteiger partial charge in [-0.2, -0.15) is 0 Å². The lowest BCUT2D eigenvalue weighted by molar-refractivity contribution is -0.139. The first kappa shape index (κ1) is 29.3. The molecule has 2 aliphatic heterocycles. The van der Waals surface area contributed by atoms with Crippen molar-refractivity contribution in [3.8, 4) is 0 Å². The van der Waals surface area contributed by atoms with E-state index in [2.05, 4.69) is 10.2 Å². The number of nitrogens with zero attached hydrogens (tertiary/aromatic N) is 3. The zero-order valence-electron chi connectivity index (χ0n) is 23.2. The minimum Gasteiger partial charge on any atom is -0.383 e. The van der Waals surface area contributed by atoms with Gasteiger partial charge in [0.1, 0.15) is 6.04 Å². The summed E-state index contributed by atoms with van der Waals surface area (Å²) in [5.74, 6) is -0.144. The van der Waals surface area contributed by atoms with Crippen LogP contribution in [0.3, 0.4) is 0 Å². The number of hydrogen-bond acceptors (Lipinski definition) is 5. The topological polar surface area (TPSA) is 82.2 Å². The predicted molar refractivity (Wildman–Crippen MR) is 139 cm³/mol. The first-order valence-electron chi connectivity index (χ1n) is 13.2. The van der Waals surface area contributed by atoms with Crippen molar-refractivity contribution >= 4 is 17.7 Å². The van der Waals surface area contributed by atoms with Gasteiger partial charge in [-0.15, -0.1) is 0 Å². The highest BCUT2D eigenvalue weighted by atomic mass is 16.5. The molecule has 2 fully saturated rings. The van der Waals surface area contributed by atoms with Gasteiger partial charge in [-0.05, 0) is 58.0 Å². The number of carbonyl (C=O) groups is 3. The summed E-state index contributed by atoms with van der Waals surface area (Å²) in [5, 5.41) is 3.05. The summed E-state index contributed by atoms with van der Waals surface area (Å²) >= 11 is 0.